The van der Waals surface area contributed by atoms with Crippen molar-refractivity contribution in [3.8, 4) is 0 Å². The van der Waals surface area contributed by atoms with Gasteiger partial charge in [-0.25, -0.2) is 0 Å². The summed E-state index contributed by atoms with van der Waals surface area (Å²) in [5, 5.41) is 0.0458. The van der Waals surface area contributed by atoms with Crippen LogP contribution >= 0.6 is 11.8 Å². The second-order valence-electron chi connectivity index (χ2n) is 7.67. The minimum absolute atomic E-state index is 0.0458. The Hall–Kier alpha value is -1.37. The van der Waals surface area contributed by atoms with E-state index in [1.54, 1.807) is 13.8 Å². The average molecular weight is 374 g/mol. The second kappa shape index (κ2) is 8.11. The molecule has 0 aromatic heterocycles. The Morgan fingerprint density at radius 3 is 2.19 bits per heavy atom. The van der Waals surface area contributed by atoms with Gasteiger partial charge in [-0.05, 0) is 51.2 Å². The van der Waals surface area contributed by atoms with Gasteiger partial charge in [-0.2, -0.15) is 0 Å². The Kier molecular flexibility index (Phi) is 6.53. The highest BCUT2D eigenvalue weighted by atomic mass is 32.2. The standard InChI is InChI=1S/C20H27BO4S/c1-14(22)11-16-9-7-8-10-17(16)12-18(13-26-15(2)23)21-24-19(3,4)20(5,6)25-21/h7-10,12H,11,13H2,1-6H3. The lowest BCUT2D eigenvalue weighted by Crippen LogP contribution is -2.41. The van der Waals surface area contributed by atoms with Gasteiger partial charge in [-0.15, -0.1) is 0 Å². The number of hydrogen-bond acceptors (Lipinski definition) is 5. The number of ketones is 1. The van der Waals surface area contributed by atoms with Crippen LogP contribution in [-0.2, 0) is 25.3 Å². The molecule has 0 aliphatic carbocycles. The third-order valence-corrected chi connectivity index (χ3v) is 5.72. The van der Waals surface area contributed by atoms with Crippen LogP contribution in [0.2, 0.25) is 0 Å². The van der Waals surface area contributed by atoms with Gasteiger partial charge < -0.3 is 9.31 Å². The molecule has 140 valence electrons. The van der Waals surface area contributed by atoms with Gasteiger partial charge in [0, 0.05) is 19.1 Å². The van der Waals surface area contributed by atoms with Gasteiger partial charge in [0.05, 0.1) is 11.2 Å². The predicted octanol–water partition coefficient (Wildman–Crippen LogP) is 4.11. The SMILES string of the molecule is CC(=O)Cc1ccccc1C=C(CSC(C)=O)B1OC(C)(C)C(C)(C)O1. The largest absolute Gasteiger partial charge is 0.491 e. The highest BCUT2D eigenvalue weighted by molar-refractivity contribution is 8.13. The normalized spacial score (nSPS) is 18.8. The smallest absolute Gasteiger partial charge is 0.400 e. The van der Waals surface area contributed by atoms with Crippen molar-refractivity contribution in [3.63, 3.8) is 0 Å². The fourth-order valence-electron chi connectivity index (χ4n) is 2.66. The molecule has 2 rings (SSSR count). The van der Waals surface area contributed by atoms with Crippen molar-refractivity contribution in [2.75, 3.05) is 5.75 Å². The maximum Gasteiger partial charge on any atom is 0.491 e. The summed E-state index contributed by atoms with van der Waals surface area (Å²) in [5.74, 6) is 0.599. The van der Waals surface area contributed by atoms with Gasteiger partial charge in [0.2, 0.25) is 0 Å². The summed E-state index contributed by atoms with van der Waals surface area (Å²) >= 11 is 1.23. The Morgan fingerprint density at radius 1 is 1.08 bits per heavy atom. The Morgan fingerprint density at radius 2 is 1.65 bits per heavy atom. The van der Waals surface area contributed by atoms with Gasteiger partial charge in [0.15, 0.2) is 5.12 Å². The first-order chi connectivity index (χ1) is 12.0. The number of hydrogen-bond donors (Lipinski definition) is 0. The van der Waals surface area contributed by atoms with E-state index in [0.29, 0.717) is 12.2 Å². The Bertz CT molecular complexity index is 708. The summed E-state index contributed by atoms with van der Waals surface area (Å²) in [6.45, 7) is 11.2. The summed E-state index contributed by atoms with van der Waals surface area (Å²) in [6.07, 6.45) is 2.37. The van der Waals surface area contributed by atoms with E-state index >= 15 is 0 Å². The van der Waals surface area contributed by atoms with Crippen LogP contribution in [0.4, 0.5) is 0 Å². The third-order valence-electron chi connectivity index (χ3n) is 4.83. The van der Waals surface area contributed by atoms with Crippen LogP contribution in [0.25, 0.3) is 6.08 Å². The molecule has 1 aliphatic rings. The minimum Gasteiger partial charge on any atom is -0.400 e. The molecule has 0 spiro atoms. The molecule has 1 aromatic carbocycles. The van der Waals surface area contributed by atoms with Crippen LogP contribution in [0, 0.1) is 0 Å². The molecule has 26 heavy (non-hydrogen) atoms. The third kappa shape index (κ3) is 5.09. The van der Waals surface area contributed by atoms with Crippen LogP contribution in [0.1, 0.15) is 52.7 Å². The quantitative estimate of drug-likeness (QED) is 0.702. The van der Waals surface area contributed by atoms with Crippen molar-refractivity contribution in [1.82, 2.24) is 0 Å². The summed E-state index contributed by atoms with van der Waals surface area (Å²) in [6, 6.07) is 7.79. The van der Waals surface area contributed by atoms with Gasteiger partial charge in [-0.1, -0.05) is 42.1 Å². The summed E-state index contributed by atoms with van der Waals surface area (Å²) < 4.78 is 12.3. The lowest BCUT2D eigenvalue weighted by Gasteiger charge is -2.32. The van der Waals surface area contributed by atoms with Gasteiger partial charge in [-0.3, -0.25) is 9.59 Å². The fourth-order valence-corrected chi connectivity index (χ4v) is 3.25. The van der Waals surface area contributed by atoms with Gasteiger partial charge >= 0.3 is 7.12 Å². The van der Waals surface area contributed by atoms with E-state index in [0.717, 1.165) is 16.6 Å². The first-order valence-electron chi connectivity index (χ1n) is 8.78. The maximum atomic E-state index is 11.6. The van der Waals surface area contributed by atoms with E-state index in [-0.39, 0.29) is 10.9 Å². The number of benzene rings is 1. The number of rotatable bonds is 6. The van der Waals surface area contributed by atoms with E-state index in [2.05, 4.69) is 0 Å². The monoisotopic (exact) mass is 374 g/mol. The number of Topliss-reactive ketones (excluding diaryl/α,β-unsaturated/α-hetero) is 1. The maximum absolute atomic E-state index is 11.6. The molecule has 6 heteroatoms. The van der Waals surface area contributed by atoms with Crippen molar-refractivity contribution in [3.05, 3.63) is 40.9 Å². The molecular formula is C20H27BO4S. The van der Waals surface area contributed by atoms with Crippen LogP contribution in [0.5, 0.6) is 0 Å². The number of thioether (sulfide) groups is 1. The molecule has 1 aromatic rings. The second-order valence-corrected chi connectivity index (χ2v) is 8.82. The van der Waals surface area contributed by atoms with E-state index in [1.165, 1.54) is 11.8 Å². The van der Waals surface area contributed by atoms with Gasteiger partial charge in [0.25, 0.3) is 0 Å². The topological polar surface area (TPSA) is 52.6 Å². The lowest BCUT2D eigenvalue weighted by atomic mass is 9.78. The highest BCUT2D eigenvalue weighted by Crippen LogP contribution is 2.39. The lowest BCUT2D eigenvalue weighted by molar-refractivity contribution is -0.116. The molecule has 0 amide bonds. The van der Waals surface area contributed by atoms with Crippen LogP contribution < -0.4 is 0 Å². The van der Waals surface area contributed by atoms with E-state index in [1.807, 2.05) is 58.0 Å². The fraction of sp³-hybridized carbons (Fsp3) is 0.500. The van der Waals surface area contributed by atoms with Crippen LogP contribution in [-0.4, -0.2) is 35.0 Å². The predicted molar refractivity (Wildman–Crippen MR) is 108 cm³/mol. The zero-order chi connectivity index (χ0) is 19.5. The van der Waals surface area contributed by atoms with Crippen molar-refractivity contribution >= 4 is 35.9 Å². The first kappa shape index (κ1) is 20.9. The van der Waals surface area contributed by atoms with Crippen molar-refractivity contribution in [1.29, 1.82) is 0 Å². The van der Waals surface area contributed by atoms with Crippen LogP contribution in [0.15, 0.2) is 29.7 Å². The van der Waals surface area contributed by atoms with E-state index in [4.69, 9.17) is 9.31 Å². The number of carbonyl (C=O) groups is 2. The Labute approximate surface area is 160 Å². The van der Waals surface area contributed by atoms with Crippen LogP contribution in [0.3, 0.4) is 0 Å². The number of carbonyl (C=O) groups excluding carboxylic acids is 2. The molecule has 0 bridgehead atoms. The molecule has 1 saturated heterocycles. The molecule has 4 nitrogen and oxygen atoms in total. The molecule has 1 fully saturated rings. The summed E-state index contributed by atoms with van der Waals surface area (Å²) in [7, 11) is -0.516. The molecule has 0 atom stereocenters. The molecule has 0 radical (unpaired) electrons. The first-order valence-corrected chi connectivity index (χ1v) is 9.77. The summed E-state index contributed by atoms with van der Waals surface area (Å²) in [5.41, 5.74) is 1.91. The molecular weight excluding hydrogens is 347 g/mol. The summed E-state index contributed by atoms with van der Waals surface area (Å²) in [4.78, 5) is 23.1. The molecule has 0 N–H and O–H groups in total. The zero-order valence-corrected chi connectivity index (χ0v) is 17.2. The highest BCUT2D eigenvalue weighted by Gasteiger charge is 2.52. The van der Waals surface area contributed by atoms with E-state index < -0.39 is 18.3 Å². The van der Waals surface area contributed by atoms with E-state index in [9.17, 15) is 9.59 Å². The molecule has 0 saturated carbocycles. The average Bonchev–Trinajstić information content (AvgIpc) is 2.72. The van der Waals surface area contributed by atoms with Crippen molar-refractivity contribution < 1.29 is 18.9 Å². The minimum atomic E-state index is -0.516. The van der Waals surface area contributed by atoms with Crippen molar-refractivity contribution in [2.24, 2.45) is 0 Å². The molecule has 0 unspecified atom stereocenters. The molecule has 1 heterocycles. The van der Waals surface area contributed by atoms with Crippen molar-refractivity contribution in [2.45, 2.75) is 59.2 Å². The zero-order valence-electron chi connectivity index (χ0n) is 16.4. The molecule has 1 aliphatic heterocycles. The van der Waals surface area contributed by atoms with Gasteiger partial charge in [0.1, 0.15) is 5.78 Å². The Balaban J connectivity index is 2.38.